The van der Waals surface area contributed by atoms with Gasteiger partial charge in [-0.25, -0.2) is 4.98 Å². The third-order valence-electron chi connectivity index (χ3n) is 3.03. The van der Waals surface area contributed by atoms with Crippen molar-refractivity contribution in [2.75, 3.05) is 20.1 Å². The van der Waals surface area contributed by atoms with Gasteiger partial charge in [0, 0.05) is 10.9 Å². The molecule has 0 amide bonds. The second-order valence-electron chi connectivity index (χ2n) is 4.30. The summed E-state index contributed by atoms with van der Waals surface area (Å²) in [6.45, 7) is 0. The SMILES string of the molecule is COc1ccc(-c2csc([C@H](C#N)C(=O)CCl)n2)cc1OC. The lowest BCUT2D eigenvalue weighted by Crippen LogP contribution is -2.11. The summed E-state index contributed by atoms with van der Waals surface area (Å²) in [5, 5.41) is 11.3. The molecule has 0 saturated carbocycles. The lowest BCUT2D eigenvalue weighted by atomic mass is 10.1. The Morgan fingerprint density at radius 3 is 2.73 bits per heavy atom. The molecule has 0 spiro atoms. The van der Waals surface area contributed by atoms with Crippen LogP contribution in [0.4, 0.5) is 0 Å². The quantitative estimate of drug-likeness (QED) is 0.757. The van der Waals surface area contributed by atoms with Crippen molar-refractivity contribution in [1.29, 1.82) is 5.26 Å². The normalized spacial score (nSPS) is 11.5. The first-order valence-electron chi connectivity index (χ1n) is 6.30. The summed E-state index contributed by atoms with van der Waals surface area (Å²) in [5.74, 6) is -0.269. The van der Waals surface area contributed by atoms with Gasteiger partial charge in [0.15, 0.2) is 23.2 Å². The number of carbonyl (C=O) groups excluding carboxylic acids is 1. The van der Waals surface area contributed by atoms with Crippen molar-refractivity contribution in [2.45, 2.75) is 5.92 Å². The van der Waals surface area contributed by atoms with Gasteiger partial charge in [0.2, 0.25) is 0 Å². The largest absolute Gasteiger partial charge is 0.493 e. The van der Waals surface area contributed by atoms with Gasteiger partial charge in [-0.15, -0.1) is 22.9 Å². The van der Waals surface area contributed by atoms with Gasteiger partial charge in [0.1, 0.15) is 5.01 Å². The molecular weight excluding hydrogens is 324 g/mol. The predicted octanol–water partition coefficient (Wildman–Crippen LogP) is 3.24. The van der Waals surface area contributed by atoms with E-state index in [2.05, 4.69) is 4.98 Å². The molecule has 1 aromatic carbocycles. The van der Waals surface area contributed by atoms with Crippen LogP contribution in [-0.4, -0.2) is 30.9 Å². The summed E-state index contributed by atoms with van der Waals surface area (Å²) < 4.78 is 10.4. The fourth-order valence-corrected chi connectivity index (χ4v) is 2.94. The number of hydrogen-bond acceptors (Lipinski definition) is 6. The lowest BCUT2D eigenvalue weighted by Gasteiger charge is -2.08. The van der Waals surface area contributed by atoms with Gasteiger partial charge in [-0.1, -0.05) is 0 Å². The summed E-state index contributed by atoms with van der Waals surface area (Å²) in [7, 11) is 3.12. The molecule has 0 bridgehead atoms. The van der Waals surface area contributed by atoms with E-state index in [4.69, 9.17) is 26.3 Å². The minimum Gasteiger partial charge on any atom is -0.493 e. The van der Waals surface area contributed by atoms with Crippen LogP contribution in [-0.2, 0) is 4.79 Å². The van der Waals surface area contributed by atoms with E-state index in [1.54, 1.807) is 31.7 Å². The number of methoxy groups -OCH3 is 2. The standard InChI is InChI=1S/C15H13ClN2O3S/c1-20-13-4-3-9(5-14(13)21-2)11-8-22-15(18-11)10(7-17)12(19)6-16/h3-5,8,10H,6H2,1-2H3/t10-/m1/s1. The number of ether oxygens (including phenoxy) is 2. The van der Waals surface area contributed by atoms with Crippen LogP contribution in [0.15, 0.2) is 23.6 Å². The zero-order chi connectivity index (χ0) is 16.1. The van der Waals surface area contributed by atoms with Crippen LogP contribution in [0, 0.1) is 11.3 Å². The molecule has 22 heavy (non-hydrogen) atoms. The molecule has 1 heterocycles. The first kappa shape index (κ1) is 16.3. The van der Waals surface area contributed by atoms with Crippen molar-refractivity contribution >= 4 is 28.7 Å². The number of Topliss-reactive ketones (excluding diaryl/α,β-unsaturated/α-hetero) is 1. The Hall–Kier alpha value is -2.10. The zero-order valence-corrected chi connectivity index (χ0v) is 13.6. The number of ketones is 1. The summed E-state index contributed by atoms with van der Waals surface area (Å²) in [4.78, 5) is 16.0. The molecule has 0 saturated heterocycles. The topological polar surface area (TPSA) is 72.2 Å². The number of benzene rings is 1. The highest BCUT2D eigenvalue weighted by atomic mass is 35.5. The molecule has 0 aliphatic rings. The average Bonchev–Trinajstić information content (AvgIpc) is 3.04. The number of rotatable bonds is 6. The van der Waals surface area contributed by atoms with Crippen molar-refractivity contribution < 1.29 is 14.3 Å². The number of carbonyl (C=O) groups is 1. The van der Waals surface area contributed by atoms with Crippen LogP contribution in [0.3, 0.4) is 0 Å². The molecule has 0 N–H and O–H groups in total. The van der Waals surface area contributed by atoms with Gasteiger partial charge in [-0.3, -0.25) is 4.79 Å². The van der Waals surface area contributed by atoms with Crippen LogP contribution in [0.5, 0.6) is 11.5 Å². The molecule has 2 rings (SSSR count). The van der Waals surface area contributed by atoms with Crippen molar-refractivity contribution in [1.82, 2.24) is 4.98 Å². The van der Waals surface area contributed by atoms with Gasteiger partial charge in [0.25, 0.3) is 0 Å². The van der Waals surface area contributed by atoms with Crippen LogP contribution in [0.2, 0.25) is 0 Å². The molecule has 7 heteroatoms. The molecule has 0 unspecified atom stereocenters. The third kappa shape index (κ3) is 3.21. The minimum absolute atomic E-state index is 0.205. The van der Waals surface area contributed by atoms with E-state index in [9.17, 15) is 4.79 Å². The van der Waals surface area contributed by atoms with Crippen molar-refractivity contribution in [3.8, 4) is 28.8 Å². The lowest BCUT2D eigenvalue weighted by molar-refractivity contribution is -0.117. The second-order valence-corrected chi connectivity index (χ2v) is 5.46. The highest BCUT2D eigenvalue weighted by Gasteiger charge is 2.23. The maximum atomic E-state index is 11.6. The predicted molar refractivity (Wildman–Crippen MR) is 84.7 cm³/mol. The molecular formula is C15H13ClN2O3S. The fourth-order valence-electron chi connectivity index (χ4n) is 1.89. The van der Waals surface area contributed by atoms with Crippen molar-refractivity contribution in [3.63, 3.8) is 0 Å². The summed E-state index contributed by atoms with van der Waals surface area (Å²) in [6.07, 6.45) is 0. The van der Waals surface area contributed by atoms with Crippen molar-refractivity contribution in [2.24, 2.45) is 0 Å². The van der Waals surface area contributed by atoms with Gasteiger partial charge in [-0.2, -0.15) is 5.26 Å². The number of halogens is 1. The van der Waals surface area contributed by atoms with Crippen LogP contribution in [0.1, 0.15) is 10.9 Å². The van der Waals surface area contributed by atoms with E-state index in [1.165, 1.54) is 11.3 Å². The summed E-state index contributed by atoms with van der Waals surface area (Å²) >= 11 is 6.78. The molecule has 0 radical (unpaired) electrons. The van der Waals surface area contributed by atoms with Crippen molar-refractivity contribution in [3.05, 3.63) is 28.6 Å². The van der Waals surface area contributed by atoms with Gasteiger partial charge in [0.05, 0.1) is 31.9 Å². The number of thiazole rings is 1. The van der Waals surface area contributed by atoms with Crippen LogP contribution >= 0.6 is 22.9 Å². The van der Waals surface area contributed by atoms with E-state index >= 15 is 0 Å². The third-order valence-corrected chi connectivity index (χ3v) is 4.20. The minimum atomic E-state index is -0.920. The fraction of sp³-hybridized carbons (Fsp3) is 0.267. The molecule has 114 valence electrons. The molecule has 1 atom stereocenters. The number of hydrogen-bond donors (Lipinski definition) is 0. The zero-order valence-electron chi connectivity index (χ0n) is 12.0. The molecule has 2 aromatic rings. The van der Waals surface area contributed by atoms with Gasteiger partial charge >= 0.3 is 0 Å². The van der Waals surface area contributed by atoms with Crippen LogP contribution in [0.25, 0.3) is 11.3 Å². The Labute approximate surface area is 137 Å². The van der Waals surface area contributed by atoms with Crippen LogP contribution < -0.4 is 9.47 Å². The molecule has 0 aliphatic heterocycles. The number of nitrogens with zero attached hydrogens (tertiary/aromatic N) is 2. The van der Waals surface area contributed by atoms with E-state index in [0.717, 1.165) is 5.56 Å². The molecule has 1 aromatic heterocycles. The average molecular weight is 337 g/mol. The Morgan fingerprint density at radius 1 is 1.41 bits per heavy atom. The number of alkyl halides is 1. The van der Waals surface area contributed by atoms with E-state index in [0.29, 0.717) is 22.2 Å². The van der Waals surface area contributed by atoms with E-state index in [-0.39, 0.29) is 11.7 Å². The Kier molecular flexibility index (Phi) is 5.36. The first-order chi connectivity index (χ1) is 10.6. The van der Waals surface area contributed by atoms with Gasteiger partial charge in [-0.05, 0) is 18.2 Å². The molecule has 0 fully saturated rings. The summed E-state index contributed by atoms with van der Waals surface area (Å²) in [5.41, 5.74) is 1.48. The highest BCUT2D eigenvalue weighted by Crippen LogP contribution is 2.33. The Morgan fingerprint density at radius 2 is 2.14 bits per heavy atom. The molecule has 5 nitrogen and oxygen atoms in total. The maximum absolute atomic E-state index is 11.6. The first-order valence-corrected chi connectivity index (χ1v) is 7.72. The number of nitriles is 1. The monoisotopic (exact) mass is 336 g/mol. The van der Waals surface area contributed by atoms with E-state index < -0.39 is 5.92 Å². The Bertz CT molecular complexity index is 724. The summed E-state index contributed by atoms with van der Waals surface area (Å²) in [6, 6.07) is 7.35. The highest BCUT2D eigenvalue weighted by molar-refractivity contribution is 7.10. The second kappa shape index (κ2) is 7.25. The maximum Gasteiger partial charge on any atom is 0.171 e. The Balaban J connectivity index is 2.36. The molecule has 0 aliphatic carbocycles. The van der Waals surface area contributed by atoms with E-state index in [1.807, 2.05) is 12.1 Å². The number of aromatic nitrogens is 1. The van der Waals surface area contributed by atoms with Gasteiger partial charge < -0.3 is 9.47 Å². The smallest absolute Gasteiger partial charge is 0.171 e.